The predicted octanol–water partition coefficient (Wildman–Crippen LogP) is 5.20. The van der Waals surface area contributed by atoms with Crippen LogP contribution in [0.25, 0.3) is 6.08 Å². The third kappa shape index (κ3) is 3.19. The number of carbonyl (C=O) groups is 2. The maximum Gasteiger partial charge on any atom is 0.298 e. The summed E-state index contributed by atoms with van der Waals surface area (Å²) in [4.78, 5) is 26.5. The van der Waals surface area contributed by atoms with E-state index >= 15 is 0 Å². The van der Waals surface area contributed by atoms with Gasteiger partial charge in [0.05, 0.1) is 10.6 Å². The summed E-state index contributed by atoms with van der Waals surface area (Å²) < 4.78 is 0. The molecule has 0 aromatic heterocycles. The molecular weight excluding hydrogens is 330 g/mol. The zero-order chi connectivity index (χ0) is 16.6. The Balaban J connectivity index is 1.95. The lowest BCUT2D eigenvalue weighted by atomic mass is 10.1. The van der Waals surface area contributed by atoms with Crippen molar-refractivity contribution in [3.05, 3.63) is 69.1 Å². The summed E-state index contributed by atoms with van der Waals surface area (Å²) >= 11 is 6.81. The van der Waals surface area contributed by atoms with Gasteiger partial charge in [-0.2, -0.15) is 0 Å². The summed E-state index contributed by atoms with van der Waals surface area (Å²) in [6.07, 6.45) is 1.71. The molecule has 0 N–H and O–H groups in total. The molecule has 2 amide bonds. The number of rotatable bonds is 2. The normalized spacial score (nSPS) is 16.5. The van der Waals surface area contributed by atoms with Crippen LogP contribution >= 0.6 is 23.4 Å². The van der Waals surface area contributed by atoms with Gasteiger partial charge in [-0.05, 0) is 61.0 Å². The molecule has 116 valence electrons. The fourth-order valence-corrected chi connectivity index (χ4v) is 3.40. The first-order valence-corrected chi connectivity index (χ1v) is 8.26. The van der Waals surface area contributed by atoms with Gasteiger partial charge >= 0.3 is 0 Å². The van der Waals surface area contributed by atoms with Gasteiger partial charge in [-0.3, -0.25) is 9.59 Å². The van der Waals surface area contributed by atoms with Crippen molar-refractivity contribution >= 4 is 46.3 Å². The smallest absolute Gasteiger partial charge is 0.268 e. The lowest BCUT2D eigenvalue weighted by Gasteiger charge is -2.15. The van der Waals surface area contributed by atoms with Crippen LogP contribution in [-0.2, 0) is 4.79 Å². The van der Waals surface area contributed by atoms with Gasteiger partial charge in [0.15, 0.2) is 0 Å². The predicted molar refractivity (Wildman–Crippen MR) is 95.8 cm³/mol. The van der Waals surface area contributed by atoms with Gasteiger partial charge in [0.25, 0.3) is 11.1 Å². The zero-order valence-electron chi connectivity index (χ0n) is 12.7. The summed E-state index contributed by atoms with van der Waals surface area (Å²) in [6, 6.07) is 12.8. The third-order valence-electron chi connectivity index (χ3n) is 3.55. The molecule has 0 aliphatic carbocycles. The highest BCUT2D eigenvalue weighted by Gasteiger charge is 2.36. The molecule has 0 spiro atoms. The van der Waals surface area contributed by atoms with Crippen molar-refractivity contribution in [1.82, 2.24) is 0 Å². The number of carbonyl (C=O) groups excluding carboxylic acids is 2. The molecule has 3 nitrogen and oxygen atoms in total. The minimum Gasteiger partial charge on any atom is -0.268 e. The van der Waals surface area contributed by atoms with Gasteiger partial charge in [0, 0.05) is 5.02 Å². The van der Waals surface area contributed by atoms with Gasteiger partial charge in [-0.15, -0.1) is 0 Å². The molecule has 23 heavy (non-hydrogen) atoms. The highest BCUT2D eigenvalue weighted by Crippen LogP contribution is 2.37. The van der Waals surface area contributed by atoms with E-state index in [1.807, 2.05) is 44.2 Å². The van der Waals surface area contributed by atoms with E-state index in [1.165, 1.54) is 4.90 Å². The number of nitrogens with zero attached hydrogens (tertiary/aromatic N) is 1. The van der Waals surface area contributed by atoms with Crippen molar-refractivity contribution in [3.8, 4) is 0 Å². The minimum atomic E-state index is -0.290. The van der Waals surface area contributed by atoms with E-state index in [2.05, 4.69) is 0 Å². The van der Waals surface area contributed by atoms with Gasteiger partial charge in [-0.25, -0.2) is 4.90 Å². The second-order valence-electron chi connectivity index (χ2n) is 5.36. The summed E-state index contributed by atoms with van der Waals surface area (Å²) in [6.45, 7) is 3.87. The van der Waals surface area contributed by atoms with Gasteiger partial charge in [-0.1, -0.05) is 41.4 Å². The zero-order valence-corrected chi connectivity index (χ0v) is 14.2. The van der Waals surface area contributed by atoms with Crippen LogP contribution < -0.4 is 4.90 Å². The Kier molecular flexibility index (Phi) is 4.28. The number of halogens is 1. The molecule has 2 aromatic rings. The summed E-state index contributed by atoms with van der Waals surface area (Å²) in [5, 5.41) is 0.354. The van der Waals surface area contributed by atoms with E-state index in [0.717, 1.165) is 28.5 Å². The molecule has 0 atom stereocenters. The molecule has 1 saturated heterocycles. The number of hydrogen-bond donors (Lipinski definition) is 0. The van der Waals surface area contributed by atoms with Gasteiger partial charge in [0.1, 0.15) is 0 Å². The fourth-order valence-electron chi connectivity index (χ4n) is 2.44. The van der Waals surface area contributed by atoms with Gasteiger partial charge in [0.2, 0.25) is 0 Å². The van der Waals surface area contributed by atoms with Gasteiger partial charge < -0.3 is 0 Å². The number of thioether (sulfide) groups is 1. The number of imide groups is 1. The van der Waals surface area contributed by atoms with Crippen LogP contribution in [0.15, 0.2) is 47.4 Å². The fraction of sp³-hybridized carbons (Fsp3) is 0.111. The largest absolute Gasteiger partial charge is 0.298 e. The molecule has 0 bridgehead atoms. The average Bonchev–Trinajstić information content (AvgIpc) is 2.77. The highest BCUT2D eigenvalue weighted by atomic mass is 35.5. The molecule has 0 radical (unpaired) electrons. The first-order chi connectivity index (χ1) is 11.0. The Labute approximate surface area is 143 Å². The van der Waals surface area contributed by atoms with Crippen molar-refractivity contribution in [2.24, 2.45) is 0 Å². The van der Waals surface area contributed by atoms with E-state index < -0.39 is 0 Å². The molecular formula is C18H14ClNO2S. The Hall–Kier alpha value is -2.04. The van der Waals surface area contributed by atoms with Crippen LogP contribution in [-0.4, -0.2) is 11.1 Å². The van der Waals surface area contributed by atoms with E-state index in [9.17, 15) is 9.59 Å². The number of aryl methyl sites for hydroxylation is 2. The van der Waals surface area contributed by atoms with Crippen LogP contribution in [0, 0.1) is 13.8 Å². The average molecular weight is 344 g/mol. The second kappa shape index (κ2) is 6.22. The molecule has 3 rings (SSSR count). The Bertz CT molecular complexity index is 827. The summed E-state index contributed by atoms with van der Waals surface area (Å²) in [5.41, 5.74) is 3.47. The van der Waals surface area contributed by atoms with E-state index in [0.29, 0.717) is 15.6 Å². The van der Waals surface area contributed by atoms with E-state index in [-0.39, 0.29) is 11.1 Å². The molecule has 2 aromatic carbocycles. The monoisotopic (exact) mass is 343 g/mol. The first-order valence-electron chi connectivity index (χ1n) is 7.06. The molecule has 0 saturated carbocycles. The lowest BCUT2D eigenvalue weighted by molar-refractivity contribution is -0.113. The SMILES string of the molecule is Cc1ccc(N2C(=O)S/C(=C\c3ccc(Cl)cc3)C2=O)c(C)c1. The maximum absolute atomic E-state index is 12.6. The lowest BCUT2D eigenvalue weighted by Crippen LogP contribution is -2.28. The topological polar surface area (TPSA) is 37.4 Å². The number of amides is 2. The Morgan fingerprint density at radius 3 is 2.39 bits per heavy atom. The number of hydrogen-bond acceptors (Lipinski definition) is 3. The Morgan fingerprint density at radius 1 is 1.04 bits per heavy atom. The first kappa shape index (κ1) is 15.8. The van der Waals surface area contributed by atoms with Crippen molar-refractivity contribution in [1.29, 1.82) is 0 Å². The molecule has 0 unspecified atom stereocenters. The molecule has 1 heterocycles. The van der Waals surface area contributed by atoms with Crippen LogP contribution in [0.3, 0.4) is 0 Å². The quantitative estimate of drug-likeness (QED) is 0.703. The van der Waals surface area contributed by atoms with Crippen molar-refractivity contribution in [2.45, 2.75) is 13.8 Å². The van der Waals surface area contributed by atoms with Crippen LogP contribution in [0.4, 0.5) is 10.5 Å². The molecule has 5 heteroatoms. The second-order valence-corrected chi connectivity index (χ2v) is 6.79. The summed E-state index contributed by atoms with van der Waals surface area (Å²) in [5.74, 6) is -0.290. The minimum absolute atomic E-state index is 0.276. The van der Waals surface area contributed by atoms with E-state index in [1.54, 1.807) is 18.2 Å². The van der Waals surface area contributed by atoms with Crippen LogP contribution in [0.2, 0.25) is 5.02 Å². The summed E-state index contributed by atoms with van der Waals surface area (Å²) in [7, 11) is 0. The standard InChI is InChI=1S/C18H14ClNO2S/c1-11-3-8-15(12(2)9-11)20-17(21)16(23-18(20)22)10-13-4-6-14(19)7-5-13/h3-10H,1-2H3/b16-10-. The number of anilines is 1. The Morgan fingerprint density at radius 2 is 1.74 bits per heavy atom. The molecule has 1 aliphatic heterocycles. The van der Waals surface area contributed by atoms with Crippen LogP contribution in [0.1, 0.15) is 16.7 Å². The van der Waals surface area contributed by atoms with Crippen molar-refractivity contribution < 1.29 is 9.59 Å². The molecule has 1 fully saturated rings. The van der Waals surface area contributed by atoms with Crippen LogP contribution in [0.5, 0.6) is 0 Å². The maximum atomic E-state index is 12.6. The van der Waals surface area contributed by atoms with Crippen molar-refractivity contribution in [3.63, 3.8) is 0 Å². The number of benzene rings is 2. The highest BCUT2D eigenvalue weighted by molar-refractivity contribution is 8.19. The molecule has 1 aliphatic rings. The van der Waals surface area contributed by atoms with E-state index in [4.69, 9.17) is 11.6 Å². The van der Waals surface area contributed by atoms with Crippen molar-refractivity contribution in [2.75, 3.05) is 4.90 Å². The third-order valence-corrected chi connectivity index (χ3v) is 4.68.